The topological polar surface area (TPSA) is 39.2 Å². The average molecular weight is 214 g/mol. The fraction of sp³-hybridized carbons (Fsp3) is 0.400. The van der Waals surface area contributed by atoms with E-state index in [9.17, 15) is 4.79 Å². The largest absolute Gasteiger partial charge is 0.465 e. The van der Waals surface area contributed by atoms with Gasteiger partial charge in [-0.2, -0.15) is 0 Å². The monoisotopic (exact) mass is 213 g/mol. The number of carbonyl (C=O) groups is 1. The first-order valence-corrected chi connectivity index (χ1v) is 4.72. The predicted molar refractivity (Wildman–Crippen MR) is 54.7 cm³/mol. The van der Waals surface area contributed by atoms with Crippen LogP contribution in [0.1, 0.15) is 28.5 Å². The number of hydrogen-bond donors (Lipinski definition) is 0. The lowest BCUT2D eigenvalue weighted by Crippen LogP contribution is -2.06. The van der Waals surface area contributed by atoms with Gasteiger partial charge in [0.15, 0.2) is 0 Å². The summed E-state index contributed by atoms with van der Waals surface area (Å²) in [4.78, 5) is 15.4. The Morgan fingerprint density at radius 3 is 2.79 bits per heavy atom. The van der Waals surface area contributed by atoms with Gasteiger partial charge in [0.1, 0.15) is 5.15 Å². The molecular formula is C10H12ClNO2. The van der Waals surface area contributed by atoms with E-state index in [1.807, 2.05) is 6.92 Å². The van der Waals surface area contributed by atoms with Crippen molar-refractivity contribution < 1.29 is 9.53 Å². The van der Waals surface area contributed by atoms with Crippen molar-refractivity contribution in [1.29, 1.82) is 0 Å². The molecular weight excluding hydrogens is 202 g/mol. The molecule has 14 heavy (non-hydrogen) atoms. The summed E-state index contributed by atoms with van der Waals surface area (Å²) in [6.07, 6.45) is 0.746. The SMILES string of the molecule is CCc1cc(C(=O)OC)c(C)nc1Cl. The number of rotatable bonds is 2. The van der Waals surface area contributed by atoms with Gasteiger partial charge in [0.05, 0.1) is 18.4 Å². The molecule has 0 saturated heterocycles. The first-order chi connectivity index (χ1) is 6.60. The number of aryl methyl sites for hydroxylation is 2. The predicted octanol–water partition coefficient (Wildman–Crippen LogP) is 2.39. The van der Waals surface area contributed by atoms with Crippen LogP contribution in [0, 0.1) is 6.92 Å². The minimum atomic E-state index is -0.374. The van der Waals surface area contributed by atoms with Crippen LogP contribution in [0.5, 0.6) is 0 Å². The van der Waals surface area contributed by atoms with Crippen molar-refractivity contribution in [2.75, 3.05) is 7.11 Å². The molecule has 0 N–H and O–H groups in total. The molecule has 1 rings (SSSR count). The first-order valence-electron chi connectivity index (χ1n) is 4.34. The number of aromatic nitrogens is 1. The molecule has 0 aliphatic heterocycles. The summed E-state index contributed by atoms with van der Waals surface area (Å²) in [6, 6.07) is 1.73. The maximum atomic E-state index is 11.3. The lowest BCUT2D eigenvalue weighted by Gasteiger charge is -2.06. The van der Waals surface area contributed by atoms with Crippen LogP contribution in [-0.4, -0.2) is 18.1 Å². The van der Waals surface area contributed by atoms with Crippen LogP contribution in [0.3, 0.4) is 0 Å². The maximum Gasteiger partial charge on any atom is 0.339 e. The van der Waals surface area contributed by atoms with Crippen LogP contribution in [0.15, 0.2) is 6.07 Å². The van der Waals surface area contributed by atoms with E-state index >= 15 is 0 Å². The van der Waals surface area contributed by atoms with Crippen LogP contribution in [-0.2, 0) is 11.2 Å². The Kier molecular flexibility index (Phi) is 3.47. The van der Waals surface area contributed by atoms with E-state index in [2.05, 4.69) is 9.72 Å². The average Bonchev–Trinajstić information content (AvgIpc) is 2.17. The summed E-state index contributed by atoms with van der Waals surface area (Å²) in [6.45, 7) is 3.69. The third-order valence-corrected chi connectivity index (χ3v) is 2.35. The Bertz CT molecular complexity index is 363. The van der Waals surface area contributed by atoms with E-state index in [0.717, 1.165) is 12.0 Å². The number of ether oxygens (including phenoxy) is 1. The smallest absolute Gasteiger partial charge is 0.339 e. The standard InChI is InChI=1S/C10H12ClNO2/c1-4-7-5-8(10(13)14-3)6(2)12-9(7)11/h5H,4H2,1-3H3. The van der Waals surface area contributed by atoms with Gasteiger partial charge < -0.3 is 4.74 Å². The molecule has 0 radical (unpaired) electrons. The van der Waals surface area contributed by atoms with Gasteiger partial charge in [-0.3, -0.25) is 0 Å². The molecule has 1 heterocycles. The number of hydrogen-bond acceptors (Lipinski definition) is 3. The summed E-state index contributed by atoms with van der Waals surface area (Å²) >= 11 is 5.89. The number of nitrogens with zero attached hydrogens (tertiary/aromatic N) is 1. The highest BCUT2D eigenvalue weighted by molar-refractivity contribution is 6.30. The van der Waals surface area contributed by atoms with Gasteiger partial charge in [-0.1, -0.05) is 18.5 Å². The molecule has 0 fully saturated rings. The van der Waals surface area contributed by atoms with Crippen LogP contribution >= 0.6 is 11.6 Å². The Morgan fingerprint density at radius 2 is 2.29 bits per heavy atom. The second-order valence-electron chi connectivity index (χ2n) is 2.92. The second kappa shape index (κ2) is 4.42. The van der Waals surface area contributed by atoms with Crippen LogP contribution in [0.2, 0.25) is 5.15 Å². The molecule has 0 aliphatic carbocycles. The molecule has 0 saturated carbocycles. The fourth-order valence-corrected chi connectivity index (χ4v) is 1.50. The van der Waals surface area contributed by atoms with Crippen LogP contribution in [0.4, 0.5) is 0 Å². The van der Waals surface area contributed by atoms with Crippen molar-refractivity contribution in [3.63, 3.8) is 0 Å². The molecule has 3 nitrogen and oxygen atoms in total. The van der Waals surface area contributed by atoms with E-state index in [1.54, 1.807) is 13.0 Å². The molecule has 0 atom stereocenters. The Hall–Kier alpha value is -1.09. The molecule has 0 bridgehead atoms. The van der Waals surface area contributed by atoms with Crippen molar-refractivity contribution in [2.24, 2.45) is 0 Å². The lowest BCUT2D eigenvalue weighted by molar-refractivity contribution is 0.0599. The van der Waals surface area contributed by atoms with E-state index in [-0.39, 0.29) is 5.97 Å². The first kappa shape index (κ1) is 11.0. The molecule has 0 unspecified atom stereocenters. The fourth-order valence-electron chi connectivity index (χ4n) is 1.18. The Labute approximate surface area is 88.1 Å². The molecule has 1 aromatic heterocycles. The van der Waals surface area contributed by atoms with Crippen LogP contribution < -0.4 is 0 Å². The minimum absolute atomic E-state index is 0.374. The summed E-state index contributed by atoms with van der Waals surface area (Å²) in [5.41, 5.74) is 1.94. The molecule has 0 aromatic carbocycles. The summed E-state index contributed by atoms with van der Waals surface area (Å²) < 4.78 is 4.63. The van der Waals surface area contributed by atoms with Crippen molar-refractivity contribution in [1.82, 2.24) is 4.98 Å². The zero-order chi connectivity index (χ0) is 10.7. The second-order valence-corrected chi connectivity index (χ2v) is 3.27. The molecule has 0 spiro atoms. The third kappa shape index (κ3) is 2.04. The Balaban J connectivity index is 3.24. The number of carbonyl (C=O) groups excluding carboxylic acids is 1. The van der Waals surface area contributed by atoms with Gasteiger partial charge in [0, 0.05) is 0 Å². The minimum Gasteiger partial charge on any atom is -0.465 e. The van der Waals surface area contributed by atoms with E-state index in [4.69, 9.17) is 11.6 Å². The number of pyridine rings is 1. The highest BCUT2D eigenvalue weighted by atomic mass is 35.5. The Morgan fingerprint density at radius 1 is 1.64 bits per heavy atom. The zero-order valence-corrected chi connectivity index (χ0v) is 9.18. The third-order valence-electron chi connectivity index (χ3n) is 2.03. The highest BCUT2D eigenvalue weighted by Crippen LogP contribution is 2.18. The van der Waals surface area contributed by atoms with Crippen molar-refractivity contribution in [2.45, 2.75) is 20.3 Å². The van der Waals surface area contributed by atoms with Gasteiger partial charge >= 0.3 is 5.97 Å². The van der Waals surface area contributed by atoms with E-state index < -0.39 is 0 Å². The number of esters is 1. The quantitative estimate of drug-likeness (QED) is 0.560. The molecule has 0 amide bonds. The van der Waals surface area contributed by atoms with Gasteiger partial charge in [-0.05, 0) is 25.0 Å². The zero-order valence-electron chi connectivity index (χ0n) is 8.43. The normalized spacial score (nSPS) is 10.0. The van der Waals surface area contributed by atoms with E-state index in [0.29, 0.717) is 16.4 Å². The van der Waals surface area contributed by atoms with Crippen molar-refractivity contribution >= 4 is 17.6 Å². The molecule has 4 heteroatoms. The van der Waals surface area contributed by atoms with Crippen LogP contribution in [0.25, 0.3) is 0 Å². The van der Waals surface area contributed by atoms with Gasteiger partial charge in [-0.25, -0.2) is 9.78 Å². The molecule has 0 aliphatic rings. The summed E-state index contributed by atoms with van der Waals surface area (Å²) in [7, 11) is 1.35. The van der Waals surface area contributed by atoms with Crippen molar-refractivity contribution in [3.8, 4) is 0 Å². The van der Waals surface area contributed by atoms with E-state index in [1.165, 1.54) is 7.11 Å². The van der Waals surface area contributed by atoms with Crippen molar-refractivity contribution in [3.05, 3.63) is 28.0 Å². The molecule has 76 valence electrons. The highest BCUT2D eigenvalue weighted by Gasteiger charge is 2.13. The van der Waals surface area contributed by atoms with Gasteiger partial charge in [0.2, 0.25) is 0 Å². The lowest BCUT2D eigenvalue weighted by atomic mass is 10.1. The molecule has 1 aromatic rings. The number of methoxy groups -OCH3 is 1. The maximum absolute atomic E-state index is 11.3. The summed E-state index contributed by atoms with van der Waals surface area (Å²) in [5, 5.41) is 0.456. The van der Waals surface area contributed by atoms with Gasteiger partial charge in [-0.15, -0.1) is 0 Å². The van der Waals surface area contributed by atoms with Gasteiger partial charge in [0.25, 0.3) is 0 Å². The number of halogens is 1. The summed E-state index contributed by atoms with van der Waals surface area (Å²) in [5.74, 6) is -0.374.